The van der Waals surface area contributed by atoms with Crippen molar-refractivity contribution in [2.75, 3.05) is 39.3 Å². The first-order chi connectivity index (χ1) is 15.4. The topological polar surface area (TPSA) is 15.7 Å². The van der Waals surface area contributed by atoms with Gasteiger partial charge in [0.25, 0.3) is 0 Å². The van der Waals surface area contributed by atoms with Gasteiger partial charge in [-0.3, -0.25) is 9.80 Å². The van der Waals surface area contributed by atoms with E-state index in [-0.39, 0.29) is 0 Å². The molecule has 3 aromatic rings. The van der Waals surface area contributed by atoms with E-state index in [1.807, 2.05) is 18.2 Å². The Balaban J connectivity index is 1.27. The summed E-state index contributed by atoms with van der Waals surface area (Å²) < 4.78 is 5.66. The maximum atomic E-state index is 5.66. The van der Waals surface area contributed by atoms with Gasteiger partial charge < -0.3 is 4.74 Å². The Morgan fingerprint density at radius 1 is 0.677 bits per heavy atom. The summed E-state index contributed by atoms with van der Waals surface area (Å²) in [6.07, 6.45) is 0. The lowest BCUT2D eigenvalue weighted by atomic mass is 9.96. The van der Waals surface area contributed by atoms with Crippen LogP contribution in [0.25, 0.3) is 0 Å². The van der Waals surface area contributed by atoms with E-state index in [0.717, 1.165) is 32.7 Å². The van der Waals surface area contributed by atoms with Gasteiger partial charge in [0.2, 0.25) is 0 Å². The van der Waals surface area contributed by atoms with Gasteiger partial charge in [-0.15, -0.1) is 0 Å². The molecule has 1 fully saturated rings. The summed E-state index contributed by atoms with van der Waals surface area (Å²) in [5, 5.41) is 0. The van der Waals surface area contributed by atoms with Gasteiger partial charge in [-0.05, 0) is 16.7 Å². The molecule has 0 amide bonds. The second-order valence-corrected chi connectivity index (χ2v) is 7.87. The average Bonchev–Trinajstić information content (AvgIpc) is 2.84. The second kappa shape index (κ2) is 11.5. The van der Waals surface area contributed by atoms with Gasteiger partial charge in [0.1, 0.15) is 6.61 Å². The number of piperazine rings is 1. The van der Waals surface area contributed by atoms with Gasteiger partial charge >= 0.3 is 0 Å². The molecular formula is C28H30N2O. The number of hydrogen-bond donors (Lipinski definition) is 0. The summed E-state index contributed by atoms with van der Waals surface area (Å²) in [6, 6.07) is 32.2. The van der Waals surface area contributed by atoms with E-state index in [9.17, 15) is 0 Å². The summed E-state index contributed by atoms with van der Waals surface area (Å²) in [7, 11) is 0. The fourth-order valence-electron chi connectivity index (χ4n) is 4.08. The molecule has 4 rings (SSSR count). The maximum absolute atomic E-state index is 5.66. The fourth-order valence-corrected chi connectivity index (χ4v) is 4.08. The molecule has 0 aliphatic carbocycles. The lowest BCUT2D eigenvalue weighted by Crippen LogP contribution is -2.47. The van der Waals surface area contributed by atoms with Crippen molar-refractivity contribution < 1.29 is 4.74 Å². The number of nitrogens with zero attached hydrogens (tertiary/aromatic N) is 2. The number of benzene rings is 3. The monoisotopic (exact) mass is 410 g/mol. The molecule has 31 heavy (non-hydrogen) atoms. The number of ether oxygens (including phenoxy) is 1. The molecule has 0 atom stereocenters. The van der Waals surface area contributed by atoms with Crippen molar-refractivity contribution in [2.24, 2.45) is 0 Å². The van der Waals surface area contributed by atoms with Gasteiger partial charge in [-0.1, -0.05) is 103 Å². The van der Waals surface area contributed by atoms with Crippen LogP contribution in [0.4, 0.5) is 0 Å². The summed E-state index contributed by atoms with van der Waals surface area (Å²) >= 11 is 0. The van der Waals surface area contributed by atoms with E-state index in [1.165, 1.54) is 16.7 Å². The molecule has 3 heteroatoms. The van der Waals surface area contributed by atoms with Crippen molar-refractivity contribution in [3.05, 3.63) is 108 Å². The molecule has 0 saturated carbocycles. The highest BCUT2D eigenvalue weighted by Gasteiger charge is 2.25. The zero-order valence-electron chi connectivity index (χ0n) is 18.0. The zero-order valence-corrected chi connectivity index (χ0v) is 18.0. The van der Waals surface area contributed by atoms with E-state index < -0.39 is 0 Å². The molecule has 0 unspecified atom stereocenters. The Hall–Kier alpha value is -2.90. The van der Waals surface area contributed by atoms with Crippen LogP contribution in [-0.4, -0.2) is 49.1 Å². The summed E-state index contributed by atoms with van der Waals surface area (Å²) in [5.74, 6) is 6.44. The first kappa shape index (κ1) is 21.3. The molecule has 1 heterocycles. The molecule has 3 aromatic carbocycles. The van der Waals surface area contributed by atoms with Crippen LogP contribution in [0.5, 0.6) is 0 Å². The Bertz CT molecular complexity index is 916. The van der Waals surface area contributed by atoms with Crippen molar-refractivity contribution in [1.82, 2.24) is 9.80 Å². The lowest BCUT2D eigenvalue weighted by Gasteiger charge is -2.39. The third-order valence-electron chi connectivity index (χ3n) is 5.72. The first-order valence-electron chi connectivity index (χ1n) is 11.0. The van der Waals surface area contributed by atoms with Gasteiger partial charge in [0.15, 0.2) is 0 Å². The molecule has 0 spiro atoms. The van der Waals surface area contributed by atoms with Gasteiger partial charge in [0.05, 0.1) is 19.2 Å². The van der Waals surface area contributed by atoms with Gasteiger partial charge in [-0.25, -0.2) is 0 Å². The quantitative estimate of drug-likeness (QED) is 0.418. The van der Waals surface area contributed by atoms with Crippen LogP contribution in [0.3, 0.4) is 0 Å². The highest BCUT2D eigenvalue weighted by molar-refractivity contribution is 5.32. The summed E-state index contributed by atoms with van der Waals surface area (Å²) in [6.45, 7) is 6.07. The minimum absolute atomic E-state index is 0.307. The Labute approximate surface area is 186 Å². The van der Waals surface area contributed by atoms with Crippen molar-refractivity contribution in [3.8, 4) is 11.8 Å². The van der Waals surface area contributed by atoms with Crippen molar-refractivity contribution >= 4 is 0 Å². The number of hydrogen-bond acceptors (Lipinski definition) is 3. The highest BCUT2D eigenvalue weighted by Crippen LogP contribution is 2.29. The van der Waals surface area contributed by atoms with Gasteiger partial charge in [0, 0.05) is 26.2 Å². The molecule has 1 aliphatic heterocycles. The molecular weight excluding hydrogens is 380 g/mol. The minimum Gasteiger partial charge on any atom is -0.364 e. The minimum atomic E-state index is 0.307. The van der Waals surface area contributed by atoms with Crippen LogP contribution in [-0.2, 0) is 11.3 Å². The predicted molar refractivity (Wildman–Crippen MR) is 127 cm³/mol. The molecule has 0 N–H and O–H groups in total. The molecule has 0 aromatic heterocycles. The molecule has 158 valence electrons. The summed E-state index contributed by atoms with van der Waals surface area (Å²) in [4.78, 5) is 5.03. The van der Waals surface area contributed by atoms with Crippen LogP contribution in [0, 0.1) is 11.8 Å². The van der Waals surface area contributed by atoms with E-state index in [0.29, 0.717) is 19.3 Å². The zero-order chi connectivity index (χ0) is 21.1. The van der Waals surface area contributed by atoms with E-state index in [1.54, 1.807) is 0 Å². The standard InChI is InChI=1S/C28H30N2O/c1-4-12-25(13-5-1)24-31-23-11-10-18-29-19-21-30(22-20-29)28(26-14-6-2-7-15-26)27-16-8-3-9-17-27/h1-9,12-17,28H,18-24H2. The van der Waals surface area contributed by atoms with E-state index >= 15 is 0 Å². The largest absolute Gasteiger partial charge is 0.364 e. The third kappa shape index (κ3) is 6.29. The lowest BCUT2D eigenvalue weighted by molar-refractivity contribution is 0.119. The predicted octanol–water partition coefficient (Wildman–Crippen LogP) is 4.61. The Morgan fingerprint density at radius 2 is 1.23 bits per heavy atom. The van der Waals surface area contributed by atoms with Crippen molar-refractivity contribution in [1.29, 1.82) is 0 Å². The Kier molecular flexibility index (Phi) is 7.90. The normalized spacial score (nSPS) is 14.9. The van der Waals surface area contributed by atoms with Crippen LogP contribution < -0.4 is 0 Å². The Morgan fingerprint density at radius 3 is 1.81 bits per heavy atom. The molecule has 1 saturated heterocycles. The SMILES string of the molecule is C(#CCN1CCN(C(c2ccccc2)c2ccccc2)CC1)COCc1ccccc1. The van der Waals surface area contributed by atoms with E-state index in [2.05, 4.69) is 94.4 Å². The number of rotatable bonds is 7. The first-order valence-corrected chi connectivity index (χ1v) is 11.0. The molecule has 3 nitrogen and oxygen atoms in total. The fraction of sp³-hybridized carbons (Fsp3) is 0.286. The molecule has 0 radical (unpaired) electrons. The summed E-state index contributed by atoms with van der Waals surface area (Å²) in [5.41, 5.74) is 3.90. The second-order valence-electron chi connectivity index (χ2n) is 7.87. The van der Waals surface area contributed by atoms with Crippen LogP contribution in [0.15, 0.2) is 91.0 Å². The smallest absolute Gasteiger partial charge is 0.108 e. The van der Waals surface area contributed by atoms with E-state index in [4.69, 9.17) is 4.74 Å². The van der Waals surface area contributed by atoms with Crippen molar-refractivity contribution in [3.63, 3.8) is 0 Å². The highest BCUT2D eigenvalue weighted by atomic mass is 16.5. The maximum Gasteiger partial charge on any atom is 0.108 e. The van der Waals surface area contributed by atoms with Crippen molar-refractivity contribution in [2.45, 2.75) is 12.6 Å². The average molecular weight is 411 g/mol. The van der Waals surface area contributed by atoms with Crippen LogP contribution in [0.2, 0.25) is 0 Å². The molecule has 0 bridgehead atoms. The third-order valence-corrected chi connectivity index (χ3v) is 5.72. The molecule has 1 aliphatic rings. The van der Waals surface area contributed by atoms with Gasteiger partial charge in [-0.2, -0.15) is 0 Å². The van der Waals surface area contributed by atoms with Crippen LogP contribution >= 0.6 is 0 Å². The van der Waals surface area contributed by atoms with Crippen LogP contribution in [0.1, 0.15) is 22.7 Å².